The zero-order chi connectivity index (χ0) is 10.8. The van der Waals surface area contributed by atoms with E-state index in [4.69, 9.17) is 14.2 Å². The third-order valence-corrected chi connectivity index (χ3v) is 2.50. The van der Waals surface area contributed by atoms with E-state index in [2.05, 4.69) is 0 Å². The van der Waals surface area contributed by atoms with Gasteiger partial charge in [-0.05, 0) is 0 Å². The Morgan fingerprint density at radius 2 is 2.20 bits per heavy atom. The Labute approximate surface area is 87.8 Å². The van der Waals surface area contributed by atoms with Gasteiger partial charge in [-0.25, -0.2) is 0 Å². The van der Waals surface area contributed by atoms with Gasteiger partial charge < -0.3 is 14.2 Å². The lowest BCUT2D eigenvalue weighted by Gasteiger charge is -2.12. The van der Waals surface area contributed by atoms with Crippen molar-refractivity contribution in [2.24, 2.45) is 0 Å². The Morgan fingerprint density at radius 3 is 2.80 bits per heavy atom. The molecule has 0 aliphatic carbocycles. The highest BCUT2D eigenvalue weighted by molar-refractivity contribution is 5.86. The predicted octanol–water partition coefficient (Wildman–Crippen LogP) is 1.45. The first-order valence-corrected chi connectivity index (χ1v) is 4.67. The summed E-state index contributed by atoms with van der Waals surface area (Å²) in [6.45, 7) is 0.622. The van der Waals surface area contributed by atoms with Gasteiger partial charge in [-0.1, -0.05) is 0 Å². The number of benzene rings is 1. The SMILES string of the molecule is COc1cc2c(c(OC)c1C=O)CCO2. The van der Waals surface area contributed by atoms with Gasteiger partial charge in [-0.15, -0.1) is 0 Å². The number of carbonyl (C=O) groups is 1. The largest absolute Gasteiger partial charge is 0.496 e. The summed E-state index contributed by atoms with van der Waals surface area (Å²) < 4.78 is 15.8. The van der Waals surface area contributed by atoms with Gasteiger partial charge in [0.05, 0.1) is 26.4 Å². The van der Waals surface area contributed by atoms with Gasteiger partial charge in [0.2, 0.25) is 0 Å². The van der Waals surface area contributed by atoms with Crippen LogP contribution >= 0.6 is 0 Å². The van der Waals surface area contributed by atoms with Crippen molar-refractivity contribution in [3.63, 3.8) is 0 Å². The van der Waals surface area contributed by atoms with Crippen molar-refractivity contribution in [3.05, 3.63) is 17.2 Å². The molecule has 0 saturated carbocycles. The second kappa shape index (κ2) is 3.81. The van der Waals surface area contributed by atoms with E-state index >= 15 is 0 Å². The minimum Gasteiger partial charge on any atom is -0.496 e. The molecule has 4 nitrogen and oxygen atoms in total. The van der Waals surface area contributed by atoms with E-state index in [0.29, 0.717) is 23.7 Å². The second-order valence-electron chi connectivity index (χ2n) is 3.22. The molecule has 2 rings (SSSR count). The van der Waals surface area contributed by atoms with E-state index in [0.717, 1.165) is 24.0 Å². The molecular weight excluding hydrogens is 196 g/mol. The quantitative estimate of drug-likeness (QED) is 0.705. The lowest BCUT2D eigenvalue weighted by Crippen LogP contribution is -1.98. The summed E-state index contributed by atoms with van der Waals surface area (Å²) in [6.07, 6.45) is 1.51. The lowest BCUT2D eigenvalue weighted by atomic mass is 10.1. The van der Waals surface area contributed by atoms with Crippen molar-refractivity contribution in [2.45, 2.75) is 6.42 Å². The van der Waals surface area contributed by atoms with Crippen LogP contribution in [0.3, 0.4) is 0 Å². The fourth-order valence-corrected chi connectivity index (χ4v) is 1.81. The lowest BCUT2D eigenvalue weighted by molar-refractivity contribution is 0.111. The number of ether oxygens (including phenoxy) is 3. The number of hydrogen-bond acceptors (Lipinski definition) is 4. The number of fused-ring (bicyclic) bond motifs is 1. The zero-order valence-corrected chi connectivity index (χ0v) is 8.70. The van der Waals surface area contributed by atoms with Crippen molar-refractivity contribution >= 4 is 6.29 Å². The average molecular weight is 208 g/mol. The second-order valence-corrected chi connectivity index (χ2v) is 3.22. The molecule has 4 heteroatoms. The van der Waals surface area contributed by atoms with E-state index in [-0.39, 0.29) is 0 Å². The van der Waals surface area contributed by atoms with Crippen LogP contribution < -0.4 is 14.2 Å². The number of aldehydes is 1. The summed E-state index contributed by atoms with van der Waals surface area (Å²) in [6, 6.07) is 1.73. The summed E-state index contributed by atoms with van der Waals surface area (Å²) >= 11 is 0. The molecule has 0 spiro atoms. The number of methoxy groups -OCH3 is 2. The normalized spacial score (nSPS) is 12.9. The molecule has 1 heterocycles. The number of rotatable bonds is 3. The van der Waals surface area contributed by atoms with Gasteiger partial charge in [0.25, 0.3) is 0 Å². The molecule has 0 saturated heterocycles. The van der Waals surface area contributed by atoms with E-state index in [1.54, 1.807) is 13.2 Å². The minimum atomic E-state index is 0.448. The molecule has 80 valence electrons. The maximum Gasteiger partial charge on any atom is 0.157 e. The topological polar surface area (TPSA) is 44.8 Å². The summed E-state index contributed by atoms with van der Waals surface area (Å²) in [7, 11) is 3.06. The molecule has 1 aliphatic heterocycles. The monoisotopic (exact) mass is 208 g/mol. The van der Waals surface area contributed by atoms with Gasteiger partial charge >= 0.3 is 0 Å². The number of carbonyl (C=O) groups excluding carboxylic acids is 1. The Hall–Kier alpha value is -1.71. The molecule has 1 aliphatic rings. The molecule has 1 aromatic carbocycles. The van der Waals surface area contributed by atoms with Gasteiger partial charge in [-0.2, -0.15) is 0 Å². The van der Waals surface area contributed by atoms with E-state index in [1.807, 2.05) is 0 Å². The van der Waals surface area contributed by atoms with E-state index in [1.165, 1.54) is 7.11 Å². The molecule has 1 aromatic rings. The molecule has 0 unspecified atom stereocenters. The van der Waals surface area contributed by atoms with Crippen LogP contribution in [0, 0.1) is 0 Å². The van der Waals surface area contributed by atoms with Crippen LogP contribution in [-0.4, -0.2) is 27.1 Å². The maximum atomic E-state index is 11.0. The highest BCUT2D eigenvalue weighted by atomic mass is 16.5. The van der Waals surface area contributed by atoms with E-state index in [9.17, 15) is 4.79 Å². The van der Waals surface area contributed by atoms with Crippen molar-refractivity contribution in [3.8, 4) is 17.2 Å². The molecule has 0 aromatic heterocycles. The minimum absolute atomic E-state index is 0.448. The molecular formula is C11H12O4. The fraction of sp³-hybridized carbons (Fsp3) is 0.364. The van der Waals surface area contributed by atoms with Crippen LogP contribution in [0.4, 0.5) is 0 Å². The summed E-state index contributed by atoms with van der Waals surface area (Å²) in [5, 5.41) is 0. The van der Waals surface area contributed by atoms with Crippen LogP contribution in [0.1, 0.15) is 15.9 Å². The molecule has 15 heavy (non-hydrogen) atoms. The first-order chi connectivity index (χ1) is 7.31. The van der Waals surface area contributed by atoms with Gasteiger partial charge in [0, 0.05) is 18.1 Å². The van der Waals surface area contributed by atoms with Crippen molar-refractivity contribution in [1.29, 1.82) is 0 Å². The van der Waals surface area contributed by atoms with Crippen molar-refractivity contribution in [2.75, 3.05) is 20.8 Å². The number of hydrogen-bond donors (Lipinski definition) is 0. The third-order valence-electron chi connectivity index (χ3n) is 2.50. The zero-order valence-electron chi connectivity index (χ0n) is 8.70. The summed E-state index contributed by atoms with van der Waals surface area (Å²) in [4.78, 5) is 11.0. The fourth-order valence-electron chi connectivity index (χ4n) is 1.81. The Morgan fingerprint density at radius 1 is 1.40 bits per heavy atom. The molecule has 0 amide bonds. The molecule has 0 fully saturated rings. The highest BCUT2D eigenvalue weighted by Crippen LogP contribution is 2.41. The first kappa shape index (κ1) is 9.83. The Balaban J connectivity index is 2.66. The smallest absolute Gasteiger partial charge is 0.157 e. The molecule has 0 bridgehead atoms. The molecule has 0 atom stereocenters. The van der Waals surface area contributed by atoms with Crippen LogP contribution in [0.5, 0.6) is 17.2 Å². The van der Waals surface area contributed by atoms with Crippen LogP contribution in [0.15, 0.2) is 6.07 Å². The van der Waals surface area contributed by atoms with Crippen molar-refractivity contribution < 1.29 is 19.0 Å². The predicted molar refractivity (Wildman–Crippen MR) is 54.1 cm³/mol. The maximum absolute atomic E-state index is 11.0. The Kier molecular flexibility index (Phi) is 2.49. The summed E-state index contributed by atoms with van der Waals surface area (Å²) in [5.41, 5.74) is 1.39. The van der Waals surface area contributed by atoms with Crippen molar-refractivity contribution in [1.82, 2.24) is 0 Å². The Bertz CT molecular complexity index is 398. The van der Waals surface area contributed by atoms with Crippen LogP contribution in [0.2, 0.25) is 0 Å². The highest BCUT2D eigenvalue weighted by Gasteiger charge is 2.23. The molecule has 0 N–H and O–H groups in total. The van der Waals surface area contributed by atoms with E-state index < -0.39 is 0 Å². The van der Waals surface area contributed by atoms with Gasteiger partial charge in [0.1, 0.15) is 17.2 Å². The van der Waals surface area contributed by atoms with Crippen LogP contribution in [0.25, 0.3) is 0 Å². The molecule has 0 radical (unpaired) electrons. The third kappa shape index (κ3) is 1.42. The average Bonchev–Trinajstić information content (AvgIpc) is 2.73. The van der Waals surface area contributed by atoms with Crippen LogP contribution in [-0.2, 0) is 6.42 Å². The standard InChI is InChI=1S/C11H12O4/c1-13-9-5-10-7(3-4-15-10)11(14-2)8(9)6-12/h5-6H,3-4H2,1-2H3. The first-order valence-electron chi connectivity index (χ1n) is 4.67. The van der Waals surface area contributed by atoms with Gasteiger partial charge in [-0.3, -0.25) is 4.79 Å². The summed E-state index contributed by atoms with van der Waals surface area (Å²) in [5.74, 6) is 1.80. The van der Waals surface area contributed by atoms with Gasteiger partial charge in [0.15, 0.2) is 6.29 Å².